The number of anilines is 1. The Bertz CT molecular complexity index is 334. The van der Waals surface area contributed by atoms with E-state index in [4.69, 9.17) is 16.6 Å². The summed E-state index contributed by atoms with van der Waals surface area (Å²) in [5, 5.41) is 8.84. The van der Waals surface area contributed by atoms with E-state index in [0.717, 1.165) is 0 Å². The molecule has 1 aromatic carbocycles. The number of hydrogen-bond donors (Lipinski definition) is 3. The minimum atomic E-state index is -1.43. The van der Waals surface area contributed by atoms with Crippen molar-refractivity contribution in [2.24, 2.45) is 5.73 Å². The number of nitrogens with two attached hydrogens (primary N) is 2. The van der Waals surface area contributed by atoms with Gasteiger partial charge in [-0.05, 0) is 13.0 Å². The molecule has 1 aromatic rings. The first kappa shape index (κ1) is 9.54. The minimum absolute atomic E-state index is 0.398. The van der Waals surface area contributed by atoms with Crippen molar-refractivity contribution in [1.82, 2.24) is 0 Å². The lowest BCUT2D eigenvalue weighted by Gasteiger charge is -2.21. The van der Waals surface area contributed by atoms with Crippen LogP contribution >= 0.6 is 0 Å². The maximum atomic E-state index is 10.8. The highest BCUT2D eigenvalue weighted by Gasteiger charge is 2.31. The highest BCUT2D eigenvalue weighted by molar-refractivity contribution is 5.82. The lowest BCUT2D eigenvalue weighted by atomic mass is 9.92. The fraction of sp³-hybridized carbons (Fsp3) is 0.222. The molecule has 0 radical (unpaired) electrons. The van der Waals surface area contributed by atoms with Crippen molar-refractivity contribution in [3.63, 3.8) is 0 Å². The van der Waals surface area contributed by atoms with Crippen LogP contribution in [0.2, 0.25) is 0 Å². The van der Waals surface area contributed by atoms with Crippen LogP contribution in [0.3, 0.4) is 0 Å². The van der Waals surface area contributed by atoms with Gasteiger partial charge in [0.05, 0.1) is 0 Å². The summed E-state index contributed by atoms with van der Waals surface area (Å²) in [5.74, 6) is -1.09. The van der Waals surface area contributed by atoms with E-state index in [0.29, 0.717) is 11.3 Å². The standard InChI is InChI=1S/C9H12N2O2/c1-9(11,8(12)13)6-4-2-3-5-7(6)10/h2-5H,10-11H2,1H3,(H,12,13)/t9-/m0/s1. The molecule has 0 bridgehead atoms. The Balaban J connectivity index is 3.22. The van der Waals surface area contributed by atoms with Crippen LogP contribution in [0.5, 0.6) is 0 Å². The van der Waals surface area contributed by atoms with Gasteiger partial charge in [0.1, 0.15) is 5.54 Å². The van der Waals surface area contributed by atoms with Crippen molar-refractivity contribution < 1.29 is 9.90 Å². The molecule has 0 amide bonds. The van der Waals surface area contributed by atoms with Gasteiger partial charge in [0, 0.05) is 11.3 Å². The van der Waals surface area contributed by atoms with E-state index in [9.17, 15) is 4.79 Å². The van der Waals surface area contributed by atoms with Gasteiger partial charge in [0.25, 0.3) is 0 Å². The lowest BCUT2D eigenvalue weighted by molar-refractivity contribution is -0.143. The number of hydrogen-bond acceptors (Lipinski definition) is 3. The molecule has 4 heteroatoms. The summed E-state index contributed by atoms with van der Waals surface area (Å²) < 4.78 is 0. The minimum Gasteiger partial charge on any atom is -0.480 e. The Morgan fingerprint density at radius 3 is 2.46 bits per heavy atom. The topological polar surface area (TPSA) is 89.3 Å². The molecule has 0 saturated carbocycles. The van der Waals surface area contributed by atoms with Gasteiger partial charge < -0.3 is 16.6 Å². The molecule has 0 aromatic heterocycles. The van der Waals surface area contributed by atoms with Crippen LogP contribution in [-0.2, 0) is 10.3 Å². The molecule has 0 fully saturated rings. The zero-order chi connectivity index (χ0) is 10.1. The predicted molar refractivity (Wildman–Crippen MR) is 50.0 cm³/mol. The zero-order valence-electron chi connectivity index (χ0n) is 7.32. The number of para-hydroxylation sites is 1. The maximum Gasteiger partial charge on any atom is 0.328 e. The number of carbonyl (C=O) groups is 1. The lowest BCUT2D eigenvalue weighted by Crippen LogP contribution is -2.42. The van der Waals surface area contributed by atoms with Crippen molar-refractivity contribution in [3.05, 3.63) is 29.8 Å². The summed E-state index contributed by atoms with van der Waals surface area (Å²) >= 11 is 0. The number of aliphatic carboxylic acids is 1. The summed E-state index contributed by atoms with van der Waals surface area (Å²) in [4.78, 5) is 10.8. The third-order valence-electron chi connectivity index (χ3n) is 1.96. The van der Waals surface area contributed by atoms with Crippen LogP contribution in [0.25, 0.3) is 0 Å². The fourth-order valence-corrected chi connectivity index (χ4v) is 1.09. The molecule has 0 aliphatic carbocycles. The van der Waals surface area contributed by atoms with E-state index in [1.165, 1.54) is 6.92 Å². The van der Waals surface area contributed by atoms with Gasteiger partial charge in [0.2, 0.25) is 0 Å². The van der Waals surface area contributed by atoms with Gasteiger partial charge in [-0.1, -0.05) is 18.2 Å². The molecule has 70 valence electrons. The van der Waals surface area contributed by atoms with Crippen molar-refractivity contribution in [3.8, 4) is 0 Å². The van der Waals surface area contributed by atoms with Crippen LogP contribution < -0.4 is 11.5 Å². The average molecular weight is 180 g/mol. The second-order valence-corrected chi connectivity index (χ2v) is 3.09. The largest absolute Gasteiger partial charge is 0.480 e. The zero-order valence-corrected chi connectivity index (χ0v) is 7.32. The third kappa shape index (κ3) is 1.62. The molecule has 0 aliphatic heterocycles. The van der Waals surface area contributed by atoms with Crippen LogP contribution in [0.15, 0.2) is 24.3 Å². The Morgan fingerprint density at radius 1 is 1.46 bits per heavy atom. The van der Waals surface area contributed by atoms with Gasteiger partial charge in [-0.25, -0.2) is 4.79 Å². The number of benzene rings is 1. The average Bonchev–Trinajstić information content (AvgIpc) is 2.04. The van der Waals surface area contributed by atoms with Gasteiger partial charge in [-0.15, -0.1) is 0 Å². The van der Waals surface area contributed by atoms with Gasteiger partial charge >= 0.3 is 5.97 Å². The monoisotopic (exact) mass is 180 g/mol. The summed E-state index contributed by atoms with van der Waals surface area (Å²) in [5.41, 5.74) is 10.6. The van der Waals surface area contributed by atoms with Crippen LogP contribution in [0, 0.1) is 0 Å². The molecule has 0 saturated heterocycles. The molecule has 4 nitrogen and oxygen atoms in total. The molecule has 1 rings (SSSR count). The van der Waals surface area contributed by atoms with Crippen LogP contribution in [-0.4, -0.2) is 11.1 Å². The normalized spacial score (nSPS) is 14.9. The maximum absolute atomic E-state index is 10.8. The van der Waals surface area contributed by atoms with E-state index in [2.05, 4.69) is 0 Å². The molecule has 1 atom stereocenters. The molecule has 0 aliphatic rings. The van der Waals surface area contributed by atoms with Crippen molar-refractivity contribution in [2.75, 3.05) is 5.73 Å². The second kappa shape index (κ2) is 3.06. The molecule has 5 N–H and O–H groups in total. The SMILES string of the molecule is C[C@@](N)(C(=O)O)c1ccccc1N. The third-order valence-corrected chi connectivity index (χ3v) is 1.96. The van der Waals surface area contributed by atoms with Crippen molar-refractivity contribution >= 4 is 11.7 Å². The first-order valence-electron chi connectivity index (χ1n) is 3.83. The Kier molecular flexibility index (Phi) is 2.25. The van der Waals surface area contributed by atoms with Crippen LogP contribution in [0.1, 0.15) is 12.5 Å². The number of nitrogen functional groups attached to an aromatic ring is 1. The quantitative estimate of drug-likeness (QED) is 0.579. The Morgan fingerprint density at radius 2 is 2.00 bits per heavy atom. The molecule has 0 spiro atoms. The highest BCUT2D eigenvalue weighted by Crippen LogP contribution is 2.23. The highest BCUT2D eigenvalue weighted by atomic mass is 16.4. The van der Waals surface area contributed by atoms with Gasteiger partial charge in [-0.3, -0.25) is 0 Å². The Hall–Kier alpha value is -1.55. The van der Waals surface area contributed by atoms with Crippen molar-refractivity contribution in [1.29, 1.82) is 0 Å². The van der Waals surface area contributed by atoms with E-state index in [1.54, 1.807) is 24.3 Å². The first-order chi connectivity index (χ1) is 5.96. The number of carboxylic acid groups (broad SMARTS) is 1. The number of carboxylic acids is 1. The van der Waals surface area contributed by atoms with Crippen molar-refractivity contribution in [2.45, 2.75) is 12.5 Å². The summed E-state index contributed by atoms with van der Waals surface area (Å²) in [6, 6.07) is 6.68. The van der Waals surface area contributed by atoms with Crippen LogP contribution in [0.4, 0.5) is 5.69 Å². The smallest absolute Gasteiger partial charge is 0.328 e. The van der Waals surface area contributed by atoms with Gasteiger partial charge in [0.15, 0.2) is 0 Å². The molecular weight excluding hydrogens is 168 g/mol. The fourth-order valence-electron chi connectivity index (χ4n) is 1.09. The molecule has 13 heavy (non-hydrogen) atoms. The second-order valence-electron chi connectivity index (χ2n) is 3.09. The summed E-state index contributed by atoms with van der Waals surface area (Å²) in [6.45, 7) is 1.42. The molecule has 0 unspecified atom stereocenters. The van der Waals surface area contributed by atoms with E-state index in [-0.39, 0.29) is 0 Å². The number of rotatable bonds is 2. The van der Waals surface area contributed by atoms with Gasteiger partial charge in [-0.2, -0.15) is 0 Å². The summed E-state index contributed by atoms with van der Waals surface area (Å²) in [7, 11) is 0. The summed E-state index contributed by atoms with van der Waals surface area (Å²) in [6.07, 6.45) is 0. The molecular formula is C9H12N2O2. The van der Waals surface area contributed by atoms with E-state index >= 15 is 0 Å². The Labute approximate surface area is 76.2 Å². The predicted octanol–water partition coefficient (Wildman–Crippen LogP) is 0.527. The van der Waals surface area contributed by atoms with E-state index in [1.807, 2.05) is 0 Å². The van der Waals surface area contributed by atoms with E-state index < -0.39 is 11.5 Å². The first-order valence-corrected chi connectivity index (χ1v) is 3.83. The molecule has 0 heterocycles.